The second-order valence-corrected chi connectivity index (χ2v) is 4.16. The van der Waals surface area contributed by atoms with Crippen LogP contribution in [0.5, 0.6) is 0 Å². The summed E-state index contributed by atoms with van der Waals surface area (Å²) < 4.78 is 0. The van der Waals surface area contributed by atoms with Gasteiger partial charge in [-0.15, -0.1) is 0 Å². The van der Waals surface area contributed by atoms with Gasteiger partial charge in [0.25, 0.3) is 0 Å². The third-order valence-electron chi connectivity index (χ3n) is 2.64. The quantitative estimate of drug-likeness (QED) is 0.783. The van der Waals surface area contributed by atoms with Crippen molar-refractivity contribution >= 4 is 6.03 Å². The van der Waals surface area contributed by atoms with Gasteiger partial charge in [0.15, 0.2) is 0 Å². The molecule has 15 heavy (non-hydrogen) atoms. The lowest BCUT2D eigenvalue weighted by Gasteiger charge is -2.31. The van der Waals surface area contributed by atoms with Crippen LogP contribution in [0, 0.1) is 5.92 Å². The van der Waals surface area contributed by atoms with Crippen LogP contribution in [-0.4, -0.2) is 24.0 Å². The van der Waals surface area contributed by atoms with Gasteiger partial charge in [0.2, 0.25) is 0 Å². The van der Waals surface area contributed by atoms with E-state index in [-0.39, 0.29) is 6.03 Å². The number of hydrogen-bond acceptors (Lipinski definition) is 1. The van der Waals surface area contributed by atoms with Gasteiger partial charge in [0, 0.05) is 19.6 Å². The highest BCUT2D eigenvalue weighted by Gasteiger charge is 2.21. The number of carbonyl (C=O) groups is 1. The molecule has 3 heteroatoms. The van der Waals surface area contributed by atoms with E-state index >= 15 is 0 Å². The van der Waals surface area contributed by atoms with E-state index in [0.29, 0.717) is 12.5 Å². The molecular weight excluding hydrogens is 188 g/mol. The van der Waals surface area contributed by atoms with Crippen molar-refractivity contribution in [2.75, 3.05) is 13.1 Å². The highest BCUT2D eigenvalue weighted by molar-refractivity contribution is 5.74. The number of benzene rings is 1. The normalized spacial score (nSPS) is 21.3. The molecule has 1 aliphatic rings. The smallest absolute Gasteiger partial charge is 0.317 e. The molecule has 1 atom stereocenters. The number of hydrogen-bond donors (Lipinski definition) is 1. The van der Waals surface area contributed by atoms with E-state index in [2.05, 4.69) is 12.2 Å². The van der Waals surface area contributed by atoms with Gasteiger partial charge >= 0.3 is 6.03 Å². The van der Waals surface area contributed by atoms with Crippen molar-refractivity contribution in [2.24, 2.45) is 5.92 Å². The predicted molar refractivity (Wildman–Crippen MR) is 59.4 cm³/mol. The Morgan fingerprint density at radius 2 is 2.13 bits per heavy atom. The van der Waals surface area contributed by atoms with Crippen LogP contribution in [-0.2, 0) is 6.54 Å². The summed E-state index contributed by atoms with van der Waals surface area (Å²) in [6.07, 6.45) is 0. The molecule has 80 valence electrons. The third-order valence-corrected chi connectivity index (χ3v) is 2.64. The van der Waals surface area contributed by atoms with Gasteiger partial charge in [-0.2, -0.15) is 0 Å². The van der Waals surface area contributed by atoms with E-state index in [1.165, 1.54) is 5.56 Å². The minimum atomic E-state index is 0.0527. The Labute approximate surface area is 90.1 Å². The number of rotatable bonds is 2. The lowest BCUT2D eigenvalue weighted by atomic mass is 10.1. The Balaban J connectivity index is 2.01. The largest absolute Gasteiger partial charge is 0.338 e. The number of amides is 2. The minimum Gasteiger partial charge on any atom is -0.338 e. The lowest BCUT2D eigenvalue weighted by molar-refractivity contribution is 0.167. The van der Waals surface area contributed by atoms with Crippen LogP contribution in [0.25, 0.3) is 0 Å². The Morgan fingerprint density at radius 1 is 1.40 bits per heavy atom. The fourth-order valence-corrected chi connectivity index (χ4v) is 1.84. The molecule has 1 saturated heterocycles. The summed E-state index contributed by atoms with van der Waals surface area (Å²) >= 11 is 0. The maximum absolute atomic E-state index is 11.6. The zero-order chi connectivity index (χ0) is 10.7. The van der Waals surface area contributed by atoms with Gasteiger partial charge in [0.1, 0.15) is 0 Å². The summed E-state index contributed by atoms with van der Waals surface area (Å²) in [5, 5.41) is 2.89. The Bertz CT molecular complexity index is 337. The monoisotopic (exact) mass is 204 g/mol. The van der Waals surface area contributed by atoms with Gasteiger partial charge in [-0.05, 0) is 11.5 Å². The van der Waals surface area contributed by atoms with Crippen molar-refractivity contribution in [2.45, 2.75) is 13.5 Å². The predicted octanol–water partition coefficient (Wildman–Crippen LogP) is 1.85. The van der Waals surface area contributed by atoms with Crippen LogP contribution in [0.2, 0.25) is 0 Å². The zero-order valence-corrected chi connectivity index (χ0v) is 8.94. The van der Waals surface area contributed by atoms with Crippen molar-refractivity contribution in [3.05, 3.63) is 35.9 Å². The number of carbonyl (C=O) groups excluding carboxylic acids is 1. The van der Waals surface area contributed by atoms with E-state index in [9.17, 15) is 4.79 Å². The van der Waals surface area contributed by atoms with Crippen LogP contribution in [0.4, 0.5) is 4.79 Å². The van der Waals surface area contributed by atoms with Crippen LogP contribution in [0.15, 0.2) is 30.3 Å². The molecule has 0 spiro atoms. The van der Waals surface area contributed by atoms with Crippen molar-refractivity contribution in [3.63, 3.8) is 0 Å². The van der Waals surface area contributed by atoms with Gasteiger partial charge < -0.3 is 10.2 Å². The van der Waals surface area contributed by atoms with Crippen molar-refractivity contribution in [3.8, 4) is 0 Å². The molecule has 0 aromatic heterocycles. The second-order valence-electron chi connectivity index (χ2n) is 4.16. The van der Waals surface area contributed by atoms with E-state index < -0.39 is 0 Å². The fraction of sp³-hybridized carbons (Fsp3) is 0.417. The minimum absolute atomic E-state index is 0.0527. The molecule has 1 unspecified atom stereocenters. The SMILES string of the molecule is CC1CNC(=O)N(Cc2ccccc2)C1. The van der Waals surface area contributed by atoms with Crippen molar-refractivity contribution < 1.29 is 4.79 Å². The molecule has 0 bridgehead atoms. The first-order chi connectivity index (χ1) is 7.25. The van der Waals surface area contributed by atoms with Crippen LogP contribution < -0.4 is 5.32 Å². The molecule has 1 N–H and O–H groups in total. The lowest BCUT2D eigenvalue weighted by Crippen LogP contribution is -2.49. The third kappa shape index (κ3) is 2.49. The molecule has 0 radical (unpaired) electrons. The van der Waals surface area contributed by atoms with Gasteiger partial charge in [-0.3, -0.25) is 0 Å². The number of nitrogens with zero attached hydrogens (tertiary/aromatic N) is 1. The average Bonchev–Trinajstić information content (AvgIpc) is 2.25. The molecule has 0 saturated carbocycles. The molecular formula is C12H16N2O. The Kier molecular flexibility index (Phi) is 2.90. The van der Waals surface area contributed by atoms with Gasteiger partial charge in [-0.1, -0.05) is 37.3 Å². The Morgan fingerprint density at radius 3 is 2.87 bits per heavy atom. The van der Waals surface area contributed by atoms with E-state index in [1.54, 1.807) is 0 Å². The van der Waals surface area contributed by atoms with Crippen LogP contribution in [0.3, 0.4) is 0 Å². The van der Waals surface area contributed by atoms with E-state index in [1.807, 2.05) is 35.2 Å². The molecule has 1 aromatic rings. The Hall–Kier alpha value is -1.51. The zero-order valence-electron chi connectivity index (χ0n) is 8.94. The highest BCUT2D eigenvalue weighted by Crippen LogP contribution is 2.10. The first kappa shape index (κ1) is 10.0. The topological polar surface area (TPSA) is 32.3 Å². The summed E-state index contributed by atoms with van der Waals surface area (Å²) in [4.78, 5) is 13.4. The van der Waals surface area contributed by atoms with Crippen LogP contribution >= 0.6 is 0 Å². The summed E-state index contributed by atoms with van der Waals surface area (Å²) in [5.41, 5.74) is 1.18. The summed E-state index contributed by atoms with van der Waals surface area (Å²) in [7, 11) is 0. The summed E-state index contributed by atoms with van der Waals surface area (Å²) in [5.74, 6) is 0.534. The molecule has 1 fully saturated rings. The first-order valence-corrected chi connectivity index (χ1v) is 5.32. The molecule has 1 heterocycles. The first-order valence-electron chi connectivity index (χ1n) is 5.32. The molecule has 0 aliphatic carbocycles. The maximum atomic E-state index is 11.6. The maximum Gasteiger partial charge on any atom is 0.317 e. The van der Waals surface area contributed by atoms with Crippen molar-refractivity contribution in [1.82, 2.24) is 10.2 Å². The van der Waals surface area contributed by atoms with Gasteiger partial charge in [0.05, 0.1) is 0 Å². The fourth-order valence-electron chi connectivity index (χ4n) is 1.84. The highest BCUT2D eigenvalue weighted by atomic mass is 16.2. The molecule has 2 amide bonds. The van der Waals surface area contributed by atoms with E-state index in [0.717, 1.165) is 13.1 Å². The molecule has 1 aromatic carbocycles. The number of nitrogens with one attached hydrogen (secondary N) is 1. The second kappa shape index (κ2) is 4.34. The summed E-state index contributed by atoms with van der Waals surface area (Å²) in [6.45, 7) is 4.50. The van der Waals surface area contributed by atoms with E-state index in [4.69, 9.17) is 0 Å². The van der Waals surface area contributed by atoms with Gasteiger partial charge in [-0.25, -0.2) is 4.79 Å². The standard InChI is InChI=1S/C12H16N2O/c1-10-7-13-12(15)14(8-10)9-11-5-3-2-4-6-11/h2-6,10H,7-9H2,1H3,(H,13,15). The van der Waals surface area contributed by atoms with Crippen molar-refractivity contribution in [1.29, 1.82) is 0 Å². The number of urea groups is 1. The molecule has 3 nitrogen and oxygen atoms in total. The van der Waals surface area contributed by atoms with Crippen LogP contribution in [0.1, 0.15) is 12.5 Å². The molecule has 2 rings (SSSR count). The summed E-state index contributed by atoms with van der Waals surface area (Å²) in [6, 6.07) is 10.1. The average molecular weight is 204 g/mol. The molecule has 1 aliphatic heterocycles.